The van der Waals surface area contributed by atoms with Gasteiger partial charge in [-0.05, 0) is 29.8 Å². The predicted molar refractivity (Wildman–Crippen MR) is 81.3 cm³/mol. The molecule has 1 nitrogen and oxygen atoms in total. The van der Waals surface area contributed by atoms with Gasteiger partial charge in [0.15, 0.2) is 5.78 Å². The highest BCUT2D eigenvalue weighted by molar-refractivity contribution is 9.11. The van der Waals surface area contributed by atoms with Crippen LogP contribution in [-0.4, -0.2) is 5.78 Å². The third kappa shape index (κ3) is 4.41. The van der Waals surface area contributed by atoms with Crippen molar-refractivity contribution in [3.8, 4) is 0 Å². The molecule has 2 rings (SSSR count). The summed E-state index contributed by atoms with van der Waals surface area (Å²) in [6.07, 6.45) is -4.48. The number of benzene rings is 2. The van der Waals surface area contributed by atoms with Crippen LogP contribution >= 0.6 is 31.9 Å². The van der Waals surface area contributed by atoms with E-state index in [0.29, 0.717) is 11.1 Å². The Morgan fingerprint density at radius 3 is 2.19 bits per heavy atom. The number of ketones is 1. The first-order valence-corrected chi connectivity index (χ1v) is 7.50. The topological polar surface area (TPSA) is 17.1 Å². The number of alkyl halides is 3. The molecule has 0 aliphatic heterocycles. The van der Waals surface area contributed by atoms with Gasteiger partial charge in [0.1, 0.15) is 0 Å². The molecule has 0 N–H and O–H groups in total. The van der Waals surface area contributed by atoms with Gasteiger partial charge in [0.25, 0.3) is 0 Å². The van der Waals surface area contributed by atoms with Crippen LogP contribution in [0, 0.1) is 0 Å². The molecular formula is C15H9Br2F3O. The van der Waals surface area contributed by atoms with Gasteiger partial charge in [-0.2, -0.15) is 13.2 Å². The van der Waals surface area contributed by atoms with Crippen LogP contribution in [0.25, 0.3) is 0 Å². The number of carbonyl (C=O) groups excluding carboxylic acids is 1. The Morgan fingerprint density at radius 2 is 1.62 bits per heavy atom. The number of rotatable bonds is 3. The average Bonchev–Trinajstić information content (AvgIpc) is 2.37. The van der Waals surface area contributed by atoms with Crippen molar-refractivity contribution in [1.82, 2.24) is 0 Å². The molecule has 0 saturated heterocycles. The Kier molecular flexibility index (Phi) is 4.88. The molecule has 0 amide bonds. The molecule has 6 heteroatoms. The molecule has 0 aliphatic carbocycles. The summed E-state index contributed by atoms with van der Waals surface area (Å²) in [6, 6.07) is 9.87. The van der Waals surface area contributed by atoms with Gasteiger partial charge in [0.05, 0.1) is 5.56 Å². The Labute approximate surface area is 136 Å². The lowest BCUT2D eigenvalue weighted by molar-refractivity contribution is -0.137. The van der Waals surface area contributed by atoms with Crippen molar-refractivity contribution in [3.63, 3.8) is 0 Å². The van der Waals surface area contributed by atoms with E-state index >= 15 is 0 Å². The van der Waals surface area contributed by atoms with Crippen LogP contribution in [0.4, 0.5) is 13.2 Å². The predicted octanol–water partition coefficient (Wildman–Crippen LogP) is 5.66. The summed E-state index contributed by atoms with van der Waals surface area (Å²) in [4.78, 5) is 12.2. The fourth-order valence-corrected chi connectivity index (χ4v) is 3.15. The first kappa shape index (κ1) is 16.2. The van der Waals surface area contributed by atoms with Gasteiger partial charge in [0, 0.05) is 20.9 Å². The van der Waals surface area contributed by atoms with Crippen molar-refractivity contribution in [2.45, 2.75) is 12.6 Å². The minimum Gasteiger partial charge on any atom is -0.294 e. The maximum absolute atomic E-state index is 12.6. The van der Waals surface area contributed by atoms with E-state index in [4.69, 9.17) is 0 Å². The van der Waals surface area contributed by atoms with Crippen LogP contribution in [0.2, 0.25) is 0 Å². The average molecular weight is 422 g/mol. The van der Waals surface area contributed by atoms with Crippen LogP contribution in [0.5, 0.6) is 0 Å². The highest BCUT2D eigenvalue weighted by Gasteiger charge is 2.30. The van der Waals surface area contributed by atoms with Gasteiger partial charge in [-0.25, -0.2) is 0 Å². The second-order valence-electron chi connectivity index (χ2n) is 4.46. The molecule has 0 bridgehead atoms. The summed E-state index contributed by atoms with van der Waals surface area (Å²) in [5.74, 6) is -0.240. The lowest BCUT2D eigenvalue weighted by atomic mass is 10.0. The summed E-state index contributed by atoms with van der Waals surface area (Å²) in [5, 5.41) is 0. The molecule has 0 saturated carbocycles. The van der Waals surface area contributed by atoms with Crippen molar-refractivity contribution < 1.29 is 18.0 Å². The molecule has 2 aromatic rings. The lowest BCUT2D eigenvalue weighted by Gasteiger charge is -2.08. The molecule has 0 aliphatic rings. The minimum absolute atomic E-state index is 0.0766. The summed E-state index contributed by atoms with van der Waals surface area (Å²) in [6.45, 7) is 0. The summed E-state index contributed by atoms with van der Waals surface area (Å²) in [5.41, 5.74) is 0.0304. The van der Waals surface area contributed by atoms with Crippen molar-refractivity contribution in [3.05, 3.63) is 68.1 Å². The molecule has 0 radical (unpaired) electrons. The van der Waals surface area contributed by atoms with Crippen molar-refractivity contribution in [2.24, 2.45) is 0 Å². The molecule has 0 unspecified atom stereocenters. The second-order valence-corrected chi connectivity index (χ2v) is 6.29. The van der Waals surface area contributed by atoms with E-state index in [1.165, 1.54) is 12.1 Å². The first-order valence-electron chi connectivity index (χ1n) is 5.91. The summed E-state index contributed by atoms with van der Waals surface area (Å²) < 4.78 is 39.4. The molecule has 21 heavy (non-hydrogen) atoms. The number of halogens is 5. The Balaban J connectivity index is 2.23. The Morgan fingerprint density at radius 1 is 1.00 bits per heavy atom. The zero-order valence-electron chi connectivity index (χ0n) is 10.5. The molecule has 2 aromatic carbocycles. The molecule has 0 spiro atoms. The van der Waals surface area contributed by atoms with Crippen LogP contribution in [0.3, 0.4) is 0 Å². The van der Waals surface area contributed by atoms with E-state index < -0.39 is 11.7 Å². The standard InChI is InChI=1S/C15H9Br2F3O/c16-12-6-10(7-13(17)8-12)14(21)5-9-2-1-3-11(4-9)15(18,19)20/h1-4,6-8H,5H2. The normalized spacial score (nSPS) is 11.5. The van der Waals surface area contributed by atoms with Gasteiger partial charge < -0.3 is 0 Å². The number of carbonyl (C=O) groups is 1. The van der Waals surface area contributed by atoms with Gasteiger partial charge in [-0.1, -0.05) is 50.1 Å². The van der Waals surface area contributed by atoms with Crippen molar-refractivity contribution in [2.75, 3.05) is 0 Å². The molecule has 0 heterocycles. The van der Waals surface area contributed by atoms with Crippen LogP contribution in [0.15, 0.2) is 51.4 Å². The van der Waals surface area contributed by atoms with E-state index in [-0.39, 0.29) is 12.2 Å². The second kappa shape index (κ2) is 6.32. The highest BCUT2D eigenvalue weighted by atomic mass is 79.9. The van der Waals surface area contributed by atoms with E-state index in [1.54, 1.807) is 18.2 Å². The number of Topliss-reactive ketones (excluding diaryl/α,β-unsaturated/α-hetero) is 1. The first-order chi connectivity index (χ1) is 9.75. The maximum Gasteiger partial charge on any atom is 0.416 e. The smallest absolute Gasteiger partial charge is 0.294 e. The number of hydrogen-bond acceptors (Lipinski definition) is 1. The molecule has 0 atom stereocenters. The van der Waals surface area contributed by atoms with Crippen LogP contribution in [-0.2, 0) is 12.6 Å². The molecule has 110 valence electrons. The van der Waals surface area contributed by atoms with Crippen molar-refractivity contribution in [1.29, 1.82) is 0 Å². The third-order valence-corrected chi connectivity index (χ3v) is 3.72. The highest BCUT2D eigenvalue weighted by Crippen LogP contribution is 2.30. The minimum atomic E-state index is -4.40. The summed E-state index contributed by atoms with van der Waals surface area (Å²) in [7, 11) is 0. The van der Waals surface area contributed by atoms with E-state index in [0.717, 1.165) is 21.1 Å². The fraction of sp³-hybridized carbons (Fsp3) is 0.133. The lowest BCUT2D eigenvalue weighted by Crippen LogP contribution is -2.08. The molecular weight excluding hydrogens is 413 g/mol. The SMILES string of the molecule is O=C(Cc1cccc(C(F)(F)F)c1)c1cc(Br)cc(Br)c1. The zero-order chi connectivity index (χ0) is 15.6. The summed E-state index contributed by atoms with van der Waals surface area (Å²) >= 11 is 6.55. The number of hydrogen-bond donors (Lipinski definition) is 0. The molecule has 0 fully saturated rings. The van der Waals surface area contributed by atoms with Crippen LogP contribution in [0.1, 0.15) is 21.5 Å². The van der Waals surface area contributed by atoms with E-state index in [1.807, 2.05) is 0 Å². The molecule has 0 aromatic heterocycles. The van der Waals surface area contributed by atoms with Gasteiger partial charge in [0.2, 0.25) is 0 Å². The van der Waals surface area contributed by atoms with Gasteiger partial charge >= 0.3 is 6.18 Å². The van der Waals surface area contributed by atoms with E-state index in [2.05, 4.69) is 31.9 Å². The Hall–Kier alpha value is -1.14. The largest absolute Gasteiger partial charge is 0.416 e. The monoisotopic (exact) mass is 420 g/mol. The van der Waals surface area contributed by atoms with Gasteiger partial charge in [-0.15, -0.1) is 0 Å². The quantitative estimate of drug-likeness (QED) is 0.584. The fourth-order valence-electron chi connectivity index (χ4n) is 1.86. The van der Waals surface area contributed by atoms with Crippen molar-refractivity contribution >= 4 is 37.6 Å². The Bertz CT molecular complexity index is 661. The van der Waals surface area contributed by atoms with Crippen LogP contribution < -0.4 is 0 Å². The zero-order valence-corrected chi connectivity index (χ0v) is 13.7. The maximum atomic E-state index is 12.6. The third-order valence-electron chi connectivity index (χ3n) is 2.80. The van der Waals surface area contributed by atoms with Gasteiger partial charge in [-0.3, -0.25) is 4.79 Å². The van der Waals surface area contributed by atoms with E-state index in [9.17, 15) is 18.0 Å².